The molecule has 0 heterocycles. The maximum absolute atomic E-state index is 5.30. The van der Waals surface area contributed by atoms with Crippen LogP contribution in [0.1, 0.15) is 17.2 Å². The van der Waals surface area contributed by atoms with Gasteiger partial charge >= 0.3 is 0 Å². The molecular formula is C13H13N. The predicted octanol–water partition coefficient (Wildman–Crippen LogP) is 2.32. The van der Waals surface area contributed by atoms with Crippen LogP contribution < -0.4 is 0 Å². The third kappa shape index (κ3) is 1.45. The maximum Gasteiger partial charge on any atom is 0.0604 e. The lowest BCUT2D eigenvalue weighted by Crippen LogP contribution is -2.22. The van der Waals surface area contributed by atoms with Gasteiger partial charge in [0.25, 0.3) is 0 Å². The van der Waals surface area contributed by atoms with Gasteiger partial charge in [-0.2, -0.15) is 0 Å². The van der Waals surface area contributed by atoms with Gasteiger partial charge in [-0.15, -0.1) is 6.42 Å². The molecule has 14 heavy (non-hydrogen) atoms. The molecule has 1 heteroatoms. The third-order valence-corrected chi connectivity index (χ3v) is 2.59. The van der Waals surface area contributed by atoms with E-state index in [0.717, 1.165) is 0 Å². The molecule has 0 amide bonds. The van der Waals surface area contributed by atoms with Crippen molar-refractivity contribution in [3.8, 4) is 12.3 Å². The summed E-state index contributed by atoms with van der Waals surface area (Å²) in [5.41, 5.74) is 2.66. The smallest absolute Gasteiger partial charge is 0.0604 e. The van der Waals surface area contributed by atoms with Crippen LogP contribution in [-0.2, 0) is 0 Å². The Hall–Kier alpha value is -1.52. The maximum atomic E-state index is 5.30. The second-order valence-electron chi connectivity index (χ2n) is 3.55. The van der Waals surface area contributed by atoms with Gasteiger partial charge in [0.05, 0.1) is 12.6 Å². The zero-order chi connectivity index (χ0) is 9.97. The lowest BCUT2D eigenvalue weighted by molar-refractivity contribution is 0.325. The van der Waals surface area contributed by atoms with E-state index in [1.54, 1.807) is 0 Å². The Morgan fingerprint density at radius 2 is 2.21 bits per heavy atom. The van der Waals surface area contributed by atoms with Gasteiger partial charge in [0.2, 0.25) is 0 Å². The number of rotatable bonds is 2. The van der Waals surface area contributed by atoms with Gasteiger partial charge in [-0.1, -0.05) is 42.3 Å². The zero-order valence-corrected chi connectivity index (χ0v) is 8.27. The van der Waals surface area contributed by atoms with E-state index >= 15 is 0 Å². The molecule has 1 atom stereocenters. The predicted molar refractivity (Wildman–Crippen MR) is 59.7 cm³/mol. The minimum atomic E-state index is 0.349. The molecule has 0 saturated carbocycles. The van der Waals surface area contributed by atoms with Crippen LogP contribution >= 0.6 is 0 Å². The summed E-state index contributed by atoms with van der Waals surface area (Å²) >= 11 is 0. The van der Waals surface area contributed by atoms with Crippen LogP contribution in [-0.4, -0.2) is 18.5 Å². The molecule has 0 aromatic heterocycles. The average molecular weight is 183 g/mol. The molecule has 0 N–H and O–H groups in total. The fourth-order valence-corrected chi connectivity index (χ4v) is 1.86. The molecule has 1 aromatic rings. The van der Waals surface area contributed by atoms with Crippen LogP contribution in [0.4, 0.5) is 0 Å². The van der Waals surface area contributed by atoms with E-state index in [-0.39, 0.29) is 0 Å². The van der Waals surface area contributed by atoms with Crippen molar-refractivity contribution in [1.29, 1.82) is 0 Å². The molecule has 1 aliphatic carbocycles. The van der Waals surface area contributed by atoms with E-state index in [2.05, 4.69) is 54.3 Å². The van der Waals surface area contributed by atoms with Crippen molar-refractivity contribution in [2.45, 2.75) is 6.04 Å². The number of hydrogen-bond donors (Lipinski definition) is 0. The number of terminal acetylenes is 1. The highest BCUT2D eigenvalue weighted by Crippen LogP contribution is 2.31. The third-order valence-electron chi connectivity index (χ3n) is 2.59. The quantitative estimate of drug-likeness (QED) is 0.636. The fourth-order valence-electron chi connectivity index (χ4n) is 1.86. The van der Waals surface area contributed by atoms with Gasteiger partial charge in [-0.05, 0) is 18.2 Å². The second-order valence-corrected chi connectivity index (χ2v) is 3.55. The van der Waals surface area contributed by atoms with Crippen molar-refractivity contribution < 1.29 is 0 Å². The molecule has 0 fully saturated rings. The normalized spacial score (nSPS) is 18.2. The number of nitrogens with zero attached hydrogens (tertiary/aromatic N) is 1. The van der Waals surface area contributed by atoms with Crippen molar-refractivity contribution in [2.24, 2.45) is 0 Å². The van der Waals surface area contributed by atoms with Crippen LogP contribution in [0, 0.1) is 12.3 Å². The molecule has 1 aliphatic rings. The molecule has 0 radical (unpaired) electrons. The molecule has 2 rings (SSSR count). The topological polar surface area (TPSA) is 3.24 Å². The van der Waals surface area contributed by atoms with Crippen LogP contribution in [0.2, 0.25) is 0 Å². The summed E-state index contributed by atoms with van der Waals surface area (Å²) in [5, 5.41) is 0. The molecule has 0 saturated heterocycles. The highest BCUT2D eigenvalue weighted by molar-refractivity contribution is 5.61. The molecule has 1 nitrogen and oxygen atoms in total. The number of likely N-dealkylation sites (N-methyl/N-ethyl adjacent to an activating group) is 1. The van der Waals surface area contributed by atoms with Crippen LogP contribution in [0.5, 0.6) is 0 Å². The van der Waals surface area contributed by atoms with E-state index in [9.17, 15) is 0 Å². The molecule has 0 aliphatic heterocycles. The van der Waals surface area contributed by atoms with Gasteiger partial charge < -0.3 is 0 Å². The molecule has 1 unspecified atom stereocenters. The van der Waals surface area contributed by atoms with E-state index in [4.69, 9.17) is 6.42 Å². The Kier molecular flexibility index (Phi) is 2.39. The van der Waals surface area contributed by atoms with Gasteiger partial charge in [0.1, 0.15) is 0 Å². The first kappa shape index (κ1) is 9.05. The van der Waals surface area contributed by atoms with Crippen LogP contribution in [0.25, 0.3) is 6.08 Å². The molecule has 0 bridgehead atoms. The summed E-state index contributed by atoms with van der Waals surface area (Å²) in [6.45, 7) is 0.684. The number of fused-ring (bicyclic) bond motifs is 1. The Labute approximate surface area is 85.0 Å². The summed E-state index contributed by atoms with van der Waals surface area (Å²) in [4.78, 5) is 2.17. The largest absolute Gasteiger partial charge is 0.285 e. The number of benzene rings is 1. The van der Waals surface area contributed by atoms with Gasteiger partial charge in [-0.3, -0.25) is 4.90 Å². The highest BCUT2D eigenvalue weighted by Gasteiger charge is 2.19. The Balaban J connectivity index is 2.27. The van der Waals surface area contributed by atoms with Crippen molar-refractivity contribution in [3.05, 3.63) is 41.5 Å². The zero-order valence-electron chi connectivity index (χ0n) is 8.27. The Bertz CT molecular complexity index is 398. The first-order chi connectivity index (χ1) is 6.83. The minimum absolute atomic E-state index is 0.349. The fraction of sp³-hybridized carbons (Fsp3) is 0.231. The molecule has 1 aromatic carbocycles. The second kappa shape index (κ2) is 3.69. The Morgan fingerprint density at radius 3 is 3.00 bits per heavy atom. The monoisotopic (exact) mass is 183 g/mol. The van der Waals surface area contributed by atoms with E-state index in [1.807, 2.05) is 0 Å². The minimum Gasteiger partial charge on any atom is -0.285 e. The summed E-state index contributed by atoms with van der Waals surface area (Å²) in [6, 6.07) is 8.78. The molecule has 70 valence electrons. The van der Waals surface area contributed by atoms with Gasteiger partial charge in [0, 0.05) is 0 Å². The standard InChI is InChI=1S/C13H13N/c1-3-10-14(2)13-9-8-11-6-4-5-7-12(11)13/h1,4-9,13H,10H2,2H3. The molecular weight excluding hydrogens is 170 g/mol. The van der Waals surface area contributed by atoms with Crippen LogP contribution in [0.15, 0.2) is 30.3 Å². The van der Waals surface area contributed by atoms with Crippen molar-refractivity contribution in [3.63, 3.8) is 0 Å². The Morgan fingerprint density at radius 1 is 1.43 bits per heavy atom. The van der Waals surface area contributed by atoms with Crippen molar-refractivity contribution >= 4 is 6.08 Å². The highest BCUT2D eigenvalue weighted by atomic mass is 15.1. The molecule has 0 spiro atoms. The lowest BCUT2D eigenvalue weighted by atomic mass is 10.1. The van der Waals surface area contributed by atoms with E-state index in [0.29, 0.717) is 12.6 Å². The van der Waals surface area contributed by atoms with Crippen LogP contribution in [0.3, 0.4) is 0 Å². The first-order valence-electron chi connectivity index (χ1n) is 4.74. The van der Waals surface area contributed by atoms with Crippen molar-refractivity contribution in [1.82, 2.24) is 4.90 Å². The average Bonchev–Trinajstić information content (AvgIpc) is 2.61. The van der Waals surface area contributed by atoms with Gasteiger partial charge in [0.15, 0.2) is 0 Å². The van der Waals surface area contributed by atoms with E-state index < -0.39 is 0 Å². The summed E-state index contributed by atoms with van der Waals surface area (Å²) in [5.74, 6) is 2.67. The van der Waals surface area contributed by atoms with Gasteiger partial charge in [-0.25, -0.2) is 0 Å². The SMILES string of the molecule is C#CCN(C)C1C=Cc2ccccc21. The summed E-state index contributed by atoms with van der Waals surface area (Å²) in [6.07, 6.45) is 9.66. The number of hydrogen-bond acceptors (Lipinski definition) is 1. The van der Waals surface area contributed by atoms with E-state index in [1.165, 1.54) is 11.1 Å². The first-order valence-corrected chi connectivity index (χ1v) is 4.74. The lowest BCUT2D eigenvalue weighted by Gasteiger charge is -2.21. The van der Waals surface area contributed by atoms with Crippen molar-refractivity contribution in [2.75, 3.05) is 13.6 Å². The summed E-state index contributed by atoms with van der Waals surface area (Å²) in [7, 11) is 2.05. The summed E-state index contributed by atoms with van der Waals surface area (Å²) < 4.78 is 0.